The van der Waals surface area contributed by atoms with Gasteiger partial charge < -0.3 is 4.90 Å². The van der Waals surface area contributed by atoms with E-state index in [-0.39, 0.29) is 17.9 Å². The average molecular weight is 384 g/mol. The number of halogens is 4. The maximum atomic E-state index is 12.8. The van der Waals surface area contributed by atoms with Crippen molar-refractivity contribution in [1.29, 1.82) is 0 Å². The summed E-state index contributed by atoms with van der Waals surface area (Å²) < 4.78 is 38.3. The minimum atomic E-state index is -4.59. The number of urea groups is 1. The molecule has 1 N–H and O–H groups in total. The molecule has 2 aromatic heterocycles. The van der Waals surface area contributed by atoms with Crippen LogP contribution < -0.4 is 5.32 Å². The first-order chi connectivity index (χ1) is 12.3. The predicted molar refractivity (Wildman–Crippen MR) is 86.6 cm³/mol. The number of amides is 2. The summed E-state index contributed by atoms with van der Waals surface area (Å²) in [5.74, 6) is -0.0255. The number of hydrogen-bond acceptors (Lipinski definition) is 4. The Labute approximate surface area is 151 Å². The van der Waals surface area contributed by atoms with Crippen molar-refractivity contribution in [3.8, 4) is 0 Å². The molecule has 0 radical (unpaired) electrons. The molecule has 26 heavy (non-hydrogen) atoms. The lowest BCUT2D eigenvalue weighted by molar-refractivity contribution is -0.137. The van der Waals surface area contributed by atoms with Crippen LogP contribution in [0.15, 0.2) is 24.8 Å². The minimum absolute atomic E-state index is 0.00711. The third-order valence-corrected chi connectivity index (χ3v) is 5.06. The van der Waals surface area contributed by atoms with Gasteiger partial charge in [-0.1, -0.05) is 11.6 Å². The number of carbonyl (C=O) groups is 1. The molecule has 0 aromatic carbocycles. The van der Waals surface area contributed by atoms with Gasteiger partial charge in [0.25, 0.3) is 0 Å². The summed E-state index contributed by atoms with van der Waals surface area (Å²) in [6.45, 7) is 0. The van der Waals surface area contributed by atoms with Gasteiger partial charge in [-0.3, -0.25) is 5.32 Å². The molecular formula is C16H13ClF3N5O. The molecular weight excluding hydrogens is 371 g/mol. The Bertz CT molecular complexity index is 875. The van der Waals surface area contributed by atoms with Crippen LogP contribution in [-0.2, 0) is 12.6 Å². The van der Waals surface area contributed by atoms with Gasteiger partial charge in [0.05, 0.1) is 22.3 Å². The Morgan fingerprint density at radius 3 is 2.81 bits per heavy atom. The Kier molecular flexibility index (Phi) is 3.98. The van der Waals surface area contributed by atoms with Crippen LogP contribution in [0.4, 0.5) is 23.8 Å². The maximum absolute atomic E-state index is 12.8. The number of fused-ring (bicyclic) bond motifs is 4. The SMILES string of the molecule is O=C(Nc1cc(Cl)c(C(F)(F)F)cn1)N1[C@H]2CC[C@@H]1c1cncnc1C2. The number of rotatable bonds is 1. The molecule has 0 saturated carbocycles. The summed E-state index contributed by atoms with van der Waals surface area (Å²) in [4.78, 5) is 26.4. The van der Waals surface area contributed by atoms with E-state index < -0.39 is 22.8 Å². The summed E-state index contributed by atoms with van der Waals surface area (Å²) >= 11 is 5.68. The van der Waals surface area contributed by atoms with Crippen molar-refractivity contribution in [2.45, 2.75) is 37.5 Å². The van der Waals surface area contributed by atoms with E-state index >= 15 is 0 Å². The molecule has 2 bridgehead atoms. The van der Waals surface area contributed by atoms with E-state index in [4.69, 9.17) is 11.6 Å². The van der Waals surface area contributed by atoms with E-state index in [1.54, 1.807) is 11.1 Å². The highest BCUT2D eigenvalue weighted by atomic mass is 35.5. The summed E-state index contributed by atoms with van der Waals surface area (Å²) in [5.41, 5.74) is 0.809. The van der Waals surface area contributed by atoms with E-state index in [0.29, 0.717) is 12.6 Å². The molecule has 2 amide bonds. The zero-order valence-corrected chi connectivity index (χ0v) is 14.1. The molecule has 10 heteroatoms. The van der Waals surface area contributed by atoms with Crippen LogP contribution >= 0.6 is 11.6 Å². The number of pyridine rings is 1. The molecule has 1 saturated heterocycles. The second-order valence-corrected chi connectivity index (χ2v) is 6.67. The van der Waals surface area contributed by atoms with Crippen LogP contribution in [0, 0.1) is 0 Å². The fourth-order valence-corrected chi connectivity index (χ4v) is 3.87. The topological polar surface area (TPSA) is 71.0 Å². The first-order valence-electron chi connectivity index (χ1n) is 7.95. The molecule has 4 heterocycles. The highest BCUT2D eigenvalue weighted by Gasteiger charge is 2.43. The normalized spacial score (nSPS) is 21.5. The van der Waals surface area contributed by atoms with Crippen LogP contribution in [0.1, 0.15) is 35.7 Å². The molecule has 0 spiro atoms. The number of anilines is 1. The number of nitrogens with one attached hydrogen (secondary N) is 1. The lowest BCUT2D eigenvalue weighted by Gasteiger charge is -2.35. The Balaban J connectivity index is 1.56. The lowest BCUT2D eigenvalue weighted by Crippen LogP contribution is -2.44. The summed E-state index contributed by atoms with van der Waals surface area (Å²) in [6.07, 6.45) is 1.47. The van der Waals surface area contributed by atoms with Gasteiger partial charge in [-0.15, -0.1) is 0 Å². The van der Waals surface area contributed by atoms with E-state index in [1.165, 1.54) is 6.33 Å². The molecule has 0 unspecified atom stereocenters. The number of alkyl halides is 3. The second kappa shape index (κ2) is 6.08. The predicted octanol–water partition coefficient (Wildman–Crippen LogP) is 3.84. The number of nitrogens with zero attached hydrogens (tertiary/aromatic N) is 4. The van der Waals surface area contributed by atoms with Crippen LogP contribution in [0.5, 0.6) is 0 Å². The van der Waals surface area contributed by atoms with Gasteiger partial charge in [-0.2, -0.15) is 13.2 Å². The first-order valence-corrected chi connectivity index (χ1v) is 8.33. The lowest BCUT2D eigenvalue weighted by atomic mass is 10.00. The van der Waals surface area contributed by atoms with Gasteiger partial charge in [-0.25, -0.2) is 19.7 Å². The molecule has 0 aliphatic carbocycles. The van der Waals surface area contributed by atoms with Gasteiger partial charge in [0.2, 0.25) is 0 Å². The molecule has 2 aromatic rings. The van der Waals surface area contributed by atoms with Crippen molar-refractivity contribution in [1.82, 2.24) is 19.9 Å². The maximum Gasteiger partial charge on any atom is 0.419 e. The van der Waals surface area contributed by atoms with E-state index in [2.05, 4.69) is 20.3 Å². The Hall–Kier alpha value is -2.42. The minimum Gasteiger partial charge on any atom is -0.314 e. The van der Waals surface area contributed by atoms with Crippen LogP contribution in [0.3, 0.4) is 0 Å². The second-order valence-electron chi connectivity index (χ2n) is 6.26. The Morgan fingerprint density at radius 1 is 1.27 bits per heavy atom. The van der Waals surface area contributed by atoms with Gasteiger partial charge in [0.15, 0.2) is 0 Å². The molecule has 2 atom stereocenters. The van der Waals surface area contributed by atoms with Crippen molar-refractivity contribution < 1.29 is 18.0 Å². The number of aromatic nitrogens is 3. The van der Waals surface area contributed by atoms with Gasteiger partial charge in [0.1, 0.15) is 12.1 Å². The molecule has 1 fully saturated rings. The van der Waals surface area contributed by atoms with Crippen molar-refractivity contribution in [2.75, 3.05) is 5.32 Å². The molecule has 136 valence electrons. The molecule has 6 nitrogen and oxygen atoms in total. The fraction of sp³-hybridized carbons (Fsp3) is 0.375. The standard InChI is InChI=1S/C16H13ClF3N5O/c17-11-4-14(22-6-10(11)16(18,19)20)24-15(26)25-8-1-2-13(25)9-5-21-7-23-12(9)3-8/h4-8,13H,1-3H2,(H,22,24,26)/t8-,13+/m0/s1. The Morgan fingerprint density at radius 2 is 2.08 bits per heavy atom. The van der Waals surface area contributed by atoms with Crippen LogP contribution in [0.2, 0.25) is 5.02 Å². The third-order valence-electron chi connectivity index (χ3n) is 4.75. The highest BCUT2D eigenvalue weighted by molar-refractivity contribution is 6.31. The zero-order valence-electron chi connectivity index (χ0n) is 13.3. The smallest absolute Gasteiger partial charge is 0.314 e. The fourth-order valence-electron chi connectivity index (χ4n) is 3.62. The van der Waals surface area contributed by atoms with Crippen molar-refractivity contribution in [3.63, 3.8) is 0 Å². The molecule has 2 aliphatic heterocycles. The highest BCUT2D eigenvalue weighted by Crippen LogP contribution is 2.43. The van der Waals surface area contributed by atoms with E-state index in [0.717, 1.165) is 30.2 Å². The van der Waals surface area contributed by atoms with Crippen LogP contribution in [-0.4, -0.2) is 31.9 Å². The third kappa shape index (κ3) is 2.86. The van der Waals surface area contributed by atoms with Gasteiger partial charge in [0, 0.05) is 36.5 Å². The van der Waals surface area contributed by atoms with E-state index in [9.17, 15) is 18.0 Å². The molecule has 4 rings (SSSR count). The van der Waals surface area contributed by atoms with Gasteiger partial charge in [-0.05, 0) is 12.8 Å². The summed E-state index contributed by atoms with van der Waals surface area (Å²) in [7, 11) is 0. The van der Waals surface area contributed by atoms with Crippen molar-refractivity contribution in [2.24, 2.45) is 0 Å². The first kappa shape index (κ1) is 17.0. The van der Waals surface area contributed by atoms with Crippen molar-refractivity contribution >= 4 is 23.4 Å². The van der Waals surface area contributed by atoms with Crippen molar-refractivity contribution in [3.05, 3.63) is 46.6 Å². The largest absolute Gasteiger partial charge is 0.419 e. The monoisotopic (exact) mass is 383 g/mol. The van der Waals surface area contributed by atoms with E-state index in [1.807, 2.05) is 0 Å². The zero-order chi connectivity index (χ0) is 18.5. The number of hydrogen-bond donors (Lipinski definition) is 1. The quantitative estimate of drug-likeness (QED) is 0.812. The average Bonchev–Trinajstić information content (AvgIpc) is 2.89. The summed E-state index contributed by atoms with van der Waals surface area (Å²) in [5, 5.41) is 2.04. The molecule has 2 aliphatic rings. The van der Waals surface area contributed by atoms with Crippen LogP contribution in [0.25, 0.3) is 0 Å². The summed E-state index contributed by atoms with van der Waals surface area (Å²) in [6, 6.07) is 0.433. The number of carbonyl (C=O) groups excluding carboxylic acids is 1. The van der Waals surface area contributed by atoms with Gasteiger partial charge >= 0.3 is 12.2 Å².